The minimum Gasteiger partial charge on any atom is -0.455 e. The number of nitrogens with one attached hydrogen (secondary N) is 1. The van der Waals surface area contributed by atoms with Crippen molar-refractivity contribution in [1.29, 1.82) is 5.41 Å². The highest BCUT2D eigenvalue weighted by molar-refractivity contribution is 5.97. The monoisotopic (exact) mass is 266 g/mol. The molecule has 102 valence electrons. The fourth-order valence-electron chi connectivity index (χ4n) is 2.48. The van der Waals surface area contributed by atoms with Crippen LogP contribution in [0.5, 0.6) is 11.5 Å². The Bertz CT molecular complexity index is 595. The summed E-state index contributed by atoms with van der Waals surface area (Å²) in [4.78, 5) is 2.06. The van der Waals surface area contributed by atoms with E-state index in [0.29, 0.717) is 5.84 Å². The van der Waals surface area contributed by atoms with Gasteiger partial charge in [-0.3, -0.25) is 5.41 Å². The molecule has 0 amide bonds. The number of anilines is 1. The van der Waals surface area contributed by atoms with E-state index in [0.717, 1.165) is 43.0 Å². The van der Waals surface area contributed by atoms with Crippen LogP contribution in [0.25, 0.3) is 0 Å². The van der Waals surface area contributed by atoms with Gasteiger partial charge >= 0.3 is 0 Å². The van der Waals surface area contributed by atoms with Crippen molar-refractivity contribution < 1.29 is 4.74 Å². The lowest BCUT2D eigenvalue weighted by Crippen LogP contribution is -2.34. The molecule has 0 spiro atoms. The molecule has 2 aromatic carbocycles. The molecule has 0 atom stereocenters. The number of piperidine rings is 1. The Morgan fingerprint density at radius 2 is 1.65 bits per heavy atom. The van der Waals surface area contributed by atoms with Gasteiger partial charge in [-0.05, 0) is 37.1 Å². The zero-order chi connectivity index (χ0) is 13.8. The van der Waals surface area contributed by atoms with Crippen molar-refractivity contribution in [2.75, 3.05) is 11.4 Å². The summed E-state index contributed by atoms with van der Waals surface area (Å²) in [7, 11) is 0. The maximum absolute atomic E-state index is 8.13. The molecule has 1 aliphatic rings. The summed E-state index contributed by atoms with van der Waals surface area (Å²) in [6.45, 7) is 0.897. The number of rotatable bonds is 3. The summed E-state index contributed by atoms with van der Waals surface area (Å²) in [6, 6.07) is 17.7. The molecular weight excluding hydrogens is 248 g/mol. The number of benzene rings is 2. The number of ether oxygens (including phenoxy) is 1. The summed E-state index contributed by atoms with van der Waals surface area (Å²) < 4.78 is 5.97. The molecule has 1 saturated heterocycles. The summed E-state index contributed by atoms with van der Waals surface area (Å²) in [5.41, 5.74) is 0.987. The van der Waals surface area contributed by atoms with Crippen LogP contribution in [-0.4, -0.2) is 12.4 Å². The fourth-order valence-corrected chi connectivity index (χ4v) is 2.48. The number of hydrogen-bond donors (Lipinski definition) is 1. The topological polar surface area (TPSA) is 36.3 Å². The van der Waals surface area contributed by atoms with E-state index >= 15 is 0 Å². The van der Waals surface area contributed by atoms with Crippen LogP contribution in [-0.2, 0) is 0 Å². The number of nitrogens with zero attached hydrogens (tertiary/aromatic N) is 1. The van der Waals surface area contributed by atoms with Gasteiger partial charge in [-0.15, -0.1) is 0 Å². The van der Waals surface area contributed by atoms with Gasteiger partial charge in [0.1, 0.15) is 11.6 Å². The lowest BCUT2D eigenvalue weighted by atomic mass is 10.1. The van der Waals surface area contributed by atoms with Crippen LogP contribution in [0.15, 0.2) is 54.6 Å². The Balaban J connectivity index is 1.90. The van der Waals surface area contributed by atoms with Gasteiger partial charge in [0.2, 0.25) is 0 Å². The van der Waals surface area contributed by atoms with Crippen LogP contribution in [0, 0.1) is 5.41 Å². The predicted octanol–water partition coefficient (Wildman–Crippen LogP) is 4.45. The quantitative estimate of drug-likeness (QED) is 0.891. The summed E-state index contributed by atoms with van der Waals surface area (Å²) in [6.07, 6.45) is 3.08. The molecule has 20 heavy (non-hydrogen) atoms. The van der Waals surface area contributed by atoms with Crippen molar-refractivity contribution in [2.45, 2.75) is 19.3 Å². The third-order valence-electron chi connectivity index (χ3n) is 3.50. The molecule has 0 aromatic heterocycles. The first kappa shape index (κ1) is 12.7. The SMILES string of the molecule is N=C1CCCCN1c1ccccc1Oc1ccccc1. The van der Waals surface area contributed by atoms with Crippen LogP contribution in [0.1, 0.15) is 19.3 Å². The predicted molar refractivity (Wildman–Crippen MR) is 81.9 cm³/mol. The standard InChI is InChI=1S/C17H18N2O/c18-17-12-6-7-13-19(17)15-10-4-5-11-16(15)20-14-8-2-1-3-9-14/h1-5,8-11,18H,6-7,12-13H2. The second-order valence-electron chi connectivity index (χ2n) is 4.94. The third-order valence-corrected chi connectivity index (χ3v) is 3.50. The highest BCUT2D eigenvalue weighted by atomic mass is 16.5. The van der Waals surface area contributed by atoms with Crippen molar-refractivity contribution in [3.63, 3.8) is 0 Å². The van der Waals surface area contributed by atoms with Crippen LogP contribution >= 0.6 is 0 Å². The van der Waals surface area contributed by atoms with E-state index in [1.165, 1.54) is 0 Å². The molecule has 3 rings (SSSR count). The lowest BCUT2D eigenvalue weighted by Gasteiger charge is -2.30. The van der Waals surface area contributed by atoms with Gasteiger partial charge in [0.15, 0.2) is 5.75 Å². The van der Waals surface area contributed by atoms with Crippen molar-refractivity contribution in [2.24, 2.45) is 0 Å². The van der Waals surface area contributed by atoms with Crippen LogP contribution in [0.3, 0.4) is 0 Å². The van der Waals surface area contributed by atoms with Gasteiger partial charge in [0, 0.05) is 13.0 Å². The molecule has 0 unspecified atom stereocenters. The number of para-hydroxylation sites is 3. The Morgan fingerprint density at radius 3 is 2.45 bits per heavy atom. The largest absolute Gasteiger partial charge is 0.455 e. The van der Waals surface area contributed by atoms with Gasteiger partial charge in [-0.25, -0.2) is 0 Å². The van der Waals surface area contributed by atoms with Gasteiger partial charge < -0.3 is 9.64 Å². The van der Waals surface area contributed by atoms with Crippen LogP contribution in [0.4, 0.5) is 5.69 Å². The summed E-state index contributed by atoms with van der Waals surface area (Å²) in [5.74, 6) is 2.31. The van der Waals surface area contributed by atoms with Crippen LogP contribution < -0.4 is 9.64 Å². The number of hydrogen-bond acceptors (Lipinski definition) is 2. The van der Waals surface area contributed by atoms with E-state index < -0.39 is 0 Å². The van der Waals surface area contributed by atoms with E-state index in [2.05, 4.69) is 4.90 Å². The molecule has 0 saturated carbocycles. The Labute approximate surface area is 119 Å². The number of amidine groups is 1. The highest BCUT2D eigenvalue weighted by Crippen LogP contribution is 2.33. The zero-order valence-corrected chi connectivity index (χ0v) is 11.4. The molecule has 3 nitrogen and oxygen atoms in total. The zero-order valence-electron chi connectivity index (χ0n) is 11.4. The molecule has 0 aliphatic carbocycles. The molecule has 1 N–H and O–H groups in total. The fraction of sp³-hybridized carbons (Fsp3) is 0.235. The molecule has 1 aliphatic heterocycles. The molecule has 3 heteroatoms. The van der Waals surface area contributed by atoms with E-state index in [9.17, 15) is 0 Å². The molecule has 1 heterocycles. The normalized spacial score (nSPS) is 15.2. The second-order valence-corrected chi connectivity index (χ2v) is 4.94. The Kier molecular flexibility index (Phi) is 3.68. The van der Waals surface area contributed by atoms with Crippen molar-refractivity contribution in [3.05, 3.63) is 54.6 Å². The van der Waals surface area contributed by atoms with Crippen molar-refractivity contribution >= 4 is 11.5 Å². The minimum atomic E-state index is 0.681. The van der Waals surface area contributed by atoms with Crippen molar-refractivity contribution in [1.82, 2.24) is 0 Å². The average molecular weight is 266 g/mol. The maximum Gasteiger partial charge on any atom is 0.151 e. The summed E-state index contributed by atoms with van der Waals surface area (Å²) in [5, 5.41) is 8.13. The smallest absolute Gasteiger partial charge is 0.151 e. The van der Waals surface area contributed by atoms with Gasteiger partial charge in [-0.2, -0.15) is 0 Å². The van der Waals surface area contributed by atoms with Crippen molar-refractivity contribution in [3.8, 4) is 11.5 Å². The van der Waals surface area contributed by atoms with Gasteiger partial charge in [-0.1, -0.05) is 30.3 Å². The van der Waals surface area contributed by atoms with Gasteiger partial charge in [0.25, 0.3) is 0 Å². The first-order valence-corrected chi connectivity index (χ1v) is 7.01. The molecule has 0 bridgehead atoms. The van der Waals surface area contributed by atoms with E-state index in [1.807, 2.05) is 54.6 Å². The first-order valence-electron chi connectivity index (χ1n) is 7.01. The van der Waals surface area contributed by atoms with E-state index in [-0.39, 0.29) is 0 Å². The molecule has 2 aromatic rings. The highest BCUT2D eigenvalue weighted by Gasteiger charge is 2.19. The maximum atomic E-state index is 8.13. The molecule has 1 fully saturated rings. The van der Waals surface area contributed by atoms with E-state index in [1.54, 1.807) is 0 Å². The first-order chi connectivity index (χ1) is 9.84. The Morgan fingerprint density at radius 1 is 0.900 bits per heavy atom. The van der Waals surface area contributed by atoms with Gasteiger partial charge in [0.05, 0.1) is 5.69 Å². The average Bonchev–Trinajstić information content (AvgIpc) is 2.50. The lowest BCUT2D eigenvalue weighted by molar-refractivity contribution is 0.482. The Hall–Kier alpha value is -2.29. The molecule has 0 radical (unpaired) electrons. The van der Waals surface area contributed by atoms with Crippen LogP contribution in [0.2, 0.25) is 0 Å². The third kappa shape index (κ3) is 2.67. The minimum absolute atomic E-state index is 0.681. The second kappa shape index (κ2) is 5.78. The summed E-state index contributed by atoms with van der Waals surface area (Å²) >= 11 is 0. The van der Waals surface area contributed by atoms with E-state index in [4.69, 9.17) is 10.1 Å². The molecular formula is C17H18N2O.